The Bertz CT molecular complexity index is 509. The number of ether oxygens (including phenoxy) is 1. The molecule has 1 aromatic heterocycles. The molecule has 1 aliphatic heterocycles. The fraction of sp³-hybridized carbons (Fsp3) is 0.667. The van der Waals surface area contributed by atoms with E-state index in [1.807, 2.05) is 11.9 Å². The number of amides is 1. The van der Waals surface area contributed by atoms with Crippen LogP contribution in [0.1, 0.15) is 18.2 Å². The molecule has 0 fully saturated rings. The van der Waals surface area contributed by atoms with E-state index in [2.05, 4.69) is 27.1 Å². The van der Waals surface area contributed by atoms with E-state index < -0.39 is 0 Å². The Morgan fingerprint density at radius 3 is 3.05 bits per heavy atom. The Labute approximate surface area is 131 Å². The van der Waals surface area contributed by atoms with Crippen LogP contribution in [0.4, 0.5) is 5.82 Å². The van der Waals surface area contributed by atoms with Crippen LogP contribution in [0.3, 0.4) is 0 Å². The summed E-state index contributed by atoms with van der Waals surface area (Å²) >= 11 is 0. The summed E-state index contributed by atoms with van der Waals surface area (Å²) in [6.45, 7) is 6.35. The predicted molar refractivity (Wildman–Crippen MR) is 84.8 cm³/mol. The molecule has 7 nitrogen and oxygen atoms in total. The molecule has 0 saturated heterocycles. The van der Waals surface area contributed by atoms with Gasteiger partial charge in [0.05, 0.1) is 18.8 Å². The van der Waals surface area contributed by atoms with Gasteiger partial charge in [0, 0.05) is 45.8 Å². The second-order valence-corrected chi connectivity index (χ2v) is 5.44. The number of likely N-dealkylation sites (N-methyl/N-ethyl adjacent to an activating group) is 2. The van der Waals surface area contributed by atoms with Crippen LogP contribution >= 0.6 is 0 Å². The molecule has 0 aromatic carbocycles. The molecule has 0 saturated carbocycles. The Morgan fingerprint density at radius 1 is 1.50 bits per heavy atom. The molecule has 1 N–H and O–H groups in total. The fourth-order valence-electron chi connectivity index (χ4n) is 2.62. The Kier molecular flexibility index (Phi) is 6.09. The van der Waals surface area contributed by atoms with Crippen LogP contribution in [-0.2, 0) is 22.5 Å². The molecule has 22 heavy (non-hydrogen) atoms. The maximum atomic E-state index is 11.9. The van der Waals surface area contributed by atoms with Crippen LogP contribution in [0.5, 0.6) is 0 Å². The van der Waals surface area contributed by atoms with Gasteiger partial charge in [-0.3, -0.25) is 9.69 Å². The number of nitrogens with one attached hydrogen (secondary N) is 1. The molecule has 0 atom stereocenters. The summed E-state index contributed by atoms with van der Waals surface area (Å²) in [6, 6.07) is 0. The first-order chi connectivity index (χ1) is 10.7. The lowest BCUT2D eigenvalue weighted by molar-refractivity contribution is -0.119. The standard InChI is InChI=1S/C15H25N5O2/c1-4-20-7-5-13-12(9-20)15(18-11-17-13)19(2)10-14(21)16-6-8-22-3/h11H,4-10H2,1-3H3,(H,16,21). The zero-order chi connectivity index (χ0) is 15.9. The Hall–Kier alpha value is -1.73. The quantitative estimate of drug-likeness (QED) is 0.718. The van der Waals surface area contributed by atoms with Crippen molar-refractivity contribution >= 4 is 11.7 Å². The van der Waals surface area contributed by atoms with Gasteiger partial charge in [0.1, 0.15) is 12.1 Å². The molecule has 2 rings (SSSR count). The van der Waals surface area contributed by atoms with Gasteiger partial charge in [-0.15, -0.1) is 0 Å². The number of anilines is 1. The molecule has 0 aliphatic carbocycles. The van der Waals surface area contributed by atoms with Gasteiger partial charge in [-0.05, 0) is 6.54 Å². The second-order valence-electron chi connectivity index (χ2n) is 5.44. The monoisotopic (exact) mass is 307 g/mol. The maximum Gasteiger partial charge on any atom is 0.239 e. The number of hydrogen-bond acceptors (Lipinski definition) is 6. The second kappa shape index (κ2) is 8.05. The molecule has 2 heterocycles. The van der Waals surface area contributed by atoms with Crippen molar-refractivity contribution in [2.24, 2.45) is 0 Å². The average Bonchev–Trinajstić information content (AvgIpc) is 2.53. The van der Waals surface area contributed by atoms with Crippen molar-refractivity contribution in [1.82, 2.24) is 20.2 Å². The highest BCUT2D eigenvalue weighted by atomic mass is 16.5. The topological polar surface area (TPSA) is 70.6 Å². The molecule has 7 heteroatoms. The van der Waals surface area contributed by atoms with Crippen molar-refractivity contribution in [2.75, 3.05) is 51.8 Å². The Morgan fingerprint density at radius 2 is 2.32 bits per heavy atom. The largest absolute Gasteiger partial charge is 0.383 e. The average molecular weight is 307 g/mol. The highest BCUT2D eigenvalue weighted by Gasteiger charge is 2.22. The molecule has 0 radical (unpaired) electrons. The molecule has 1 aliphatic rings. The summed E-state index contributed by atoms with van der Waals surface area (Å²) in [6.07, 6.45) is 2.53. The van der Waals surface area contributed by atoms with Crippen LogP contribution in [0.2, 0.25) is 0 Å². The molecular weight excluding hydrogens is 282 g/mol. The van der Waals surface area contributed by atoms with Gasteiger partial charge in [0.25, 0.3) is 0 Å². The van der Waals surface area contributed by atoms with E-state index >= 15 is 0 Å². The maximum absolute atomic E-state index is 11.9. The number of hydrogen-bond donors (Lipinski definition) is 1. The first-order valence-electron chi connectivity index (χ1n) is 7.67. The molecule has 1 aromatic rings. The van der Waals surface area contributed by atoms with Crippen LogP contribution in [0, 0.1) is 0 Å². The lowest BCUT2D eigenvalue weighted by atomic mass is 10.1. The van der Waals surface area contributed by atoms with E-state index in [0.29, 0.717) is 13.2 Å². The van der Waals surface area contributed by atoms with Crippen molar-refractivity contribution in [3.05, 3.63) is 17.6 Å². The van der Waals surface area contributed by atoms with Gasteiger partial charge in [0.2, 0.25) is 5.91 Å². The number of nitrogens with zero attached hydrogens (tertiary/aromatic N) is 4. The lowest BCUT2D eigenvalue weighted by Gasteiger charge is -2.30. The van der Waals surface area contributed by atoms with Crippen molar-refractivity contribution in [2.45, 2.75) is 19.9 Å². The zero-order valence-electron chi connectivity index (χ0n) is 13.6. The SMILES string of the molecule is CCN1CCc2ncnc(N(C)CC(=O)NCCOC)c2C1. The van der Waals surface area contributed by atoms with Crippen LogP contribution in [0.15, 0.2) is 6.33 Å². The van der Waals surface area contributed by atoms with Crippen LogP contribution in [0.25, 0.3) is 0 Å². The predicted octanol–water partition coefficient (Wildman–Crippen LogP) is 0.0534. The van der Waals surface area contributed by atoms with Crippen LogP contribution in [-0.4, -0.2) is 67.7 Å². The third-order valence-electron chi connectivity index (χ3n) is 3.88. The fourth-order valence-corrected chi connectivity index (χ4v) is 2.62. The van der Waals surface area contributed by atoms with Crippen molar-refractivity contribution in [3.8, 4) is 0 Å². The molecule has 0 bridgehead atoms. The summed E-state index contributed by atoms with van der Waals surface area (Å²) in [5.41, 5.74) is 2.24. The minimum atomic E-state index is -0.0323. The molecule has 1 amide bonds. The normalized spacial score (nSPS) is 14.5. The van der Waals surface area contributed by atoms with E-state index in [0.717, 1.165) is 43.1 Å². The summed E-state index contributed by atoms with van der Waals surface area (Å²) in [5, 5.41) is 2.82. The minimum absolute atomic E-state index is 0.0323. The number of aromatic nitrogens is 2. The third-order valence-corrected chi connectivity index (χ3v) is 3.88. The molecule has 0 unspecified atom stereocenters. The van der Waals surface area contributed by atoms with Crippen LogP contribution < -0.4 is 10.2 Å². The number of methoxy groups -OCH3 is 1. The molecule has 0 spiro atoms. The van der Waals surface area contributed by atoms with Gasteiger partial charge in [-0.25, -0.2) is 9.97 Å². The summed E-state index contributed by atoms with van der Waals surface area (Å²) in [4.78, 5) is 25.0. The zero-order valence-corrected chi connectivity index (χ0v) is 13.6. The summed E-state index contributed by atoms with van der Waals surface area (Å²) < 4.78 is 4.93. The number of fused-ring (bicyclic) bond motifs is 1. The highest BCUT2D eigenvalue weighted by Crippen LogP contribution is 2.24. The first-order valence-corrected chi connectivity index (χ1v) is 7.67. The van der Waals surface area contributed by atoms with Crippen molar-refractivity contribution in [3.63, 3.8) is 0 Å². The Balaban J connectivity index is 2.04. The van der Waals surface area contributed by atoms with E-state index in [9.17, 15) is 4.79 Å². The van der Waals surface area contributed by atoms with Gasteiger partial charge >= 0.3 is 0 Å². The van der Waals surface area contributed by atoms with E-state index in [4.69, 9.17) is 4.74 Å². The molecule has 122 valence electrons. The van der Waals surface area contributed by atoms with Gasteiger partial charge < -0.3 is 15.0 Å². The third kappa shape index (κ3) is 4.14. The van der Waals surface area contributed by atoms with Gasteiger partial charge in [-0.2, -0.15) is 0 Å². The van der Waals surface area contributed by atoms with E-state index in [1.165, 1.54) is 0 Å². The summed E-state index contributed by atoms with van der Waals surface area (Å²) in [5.74, 6) is 0.820. The summed E-state index contributed by atoms with van der Waals surface area (Å²) in [7, 11) is 3.51. The highest BCUT2D eigenvalue weighted by molar-refractivity contribution is 5.81. The number of rotatable bonds is 7. The smallest absolute Gasteiger partial charge is 0.239 e. The van der Waals surface area contributed by atoms with Crippen molar-refractivity contribution in [1.29, 1.82) is 0 Å². The minimum Gasteiger partial charge on any atom is -0.383 e. The number of carbonyl (C=O) groups excluding carboxylic acids is 1. The van der Waals surface area contributed by atoms with Gasteiger partial charge in [0.15, 0.2) is 0 Å². The molecular formula is C15H25N5O2. The van der Waals surface area contributed by atoms with Gasteiger partial charge in [-0.1, -0.05) is 6.92 Å². The number of carbonyl (C=O) groups is 1. The van der Waals surface area contributed by atoms with E-state index in [-0.39, 0.29) is 12.5 Å². The van der Waals surface area contributed by atoms with E-state index in [1.54, 1.807) is 13.4 Å². The lowest BCUT2D eigenvalue weighted by Crippen LogP contribution is -2.38. The first kappa shape index (κ1) is 16.6. The van der Waals surface area contributed by atoms with Crippen molar-refractivity contribution < 1.29 is 9.53 Å².